The van der Waals surface area contributed by atoms with Gasteiger partial charge in [-0.05, 0) is 18.4 Å². The number of aliphatic hydroxyl groups excluding tert-OH is 1. The number of para-hydroxylation sites is 1. The summed E-state index contributed by atoms with van der Waals surface area (Å²) in [5, 5.41) is 23.1. The fourth-order valence-electron chi connectivity index (χ4n) is 1.63. The van der Waals surface area contributed by atoms with Crippen molar-refractivity contribution in [3.63, 3.8) is 0 Å². The predicted molar refractivity (Wildman–Crippen MR) is 76.4 cm³/mol. The highest BCUT2D eigenvalue weighted by molar-refractivity contribution is 5.45. The molecule has 0 fully saturated rings. The van der Waals surface area contributed by atoms with E-state index in [1.807, 2.05) is 39.8 Å². The highest BCUT2D eigenvalue weighted by Gasteiger charge is 2.21. The van der Waals surface area contributed by atoms with Crippen LogP contribution in [0.2, 0.25) is 0 Å². The van der Waals surface area contributed by atoms with Crippen molar-refractivity contribution >= 4 is 0 Å². The van der Waals surface area contributed by atoms with Crippen LogP contribution in [0.4, 0.5) is 0 Å². The third-order valence-corrected chi connectivity index (χ3v) is 3.04. The zero-order chi connectivity index (χ0) is 14.5. The van der Waals surface area contributed by atoms with E-state index in [1.165, 1.54) is 0 Å². The molecule has 0 amide bonds. The van der Waals surface area contributed by atoms with Gasteiger partial charge in [0.2, 0.25) is 0 Å². The molecule has 4 nitrogen and oxygen atoms in total. The van der Waals surface area contributed by atoms with E-state index in [9.17, 15) is 10.2 Å². The zero-order valence-electron chi connectivity index (χ0n) is 12.2. The topological polar surface area (TPSA) is 61.7 Å². The molecule has 1 aromatic rings. The van der Waals surface area contributed by atoms with Crippen molar-refractivity contribution in [1.29, 1.82) is 0 Å². The first kappa shape index (κ1) is 15.8. The van der Waals surface area contributed by atoms with Gasteiger partial charge in [0.05, 0.1) is 12.7 Å². The van der Waals surface area contributed by atoms with E-state index in [2.05, 4.69) is 5.32 Å². The number of aliphatic hydroxyl groups is 1. The van der Waals surface area contributed by atoms with Crippen molar-refractivity contribution in [3.05, 3.63) is 23.8 Å². The summed E-state index contributed by atoms with van der Waals surface area (Å²) in [6.07, 6.45) is -0.426. The molecule has 0 aliphatic heterocycles. The lowest BCUT2D eigenvalue weighted by Gasteiger charge is -2.26. The summed E-state index contributed by atoms with van der Waals surface area (Å²) in [5.41, 5.74) is 0.620. The lowest BCUT2D eigenvalue weighted by atomic mass is 9.89. The van der Waals surface area contributed by atoms with Crippen LogP contribution >= 0.6 is 0 Å². The van der Waals surface area contributed by atoms with E-state index >= 15 is 0 Å². The quantitative estimate of drug-likeness (QED) is 0.740. The van der Waals surface area contributed by atoms with Gasteiger partial charge in [-0.1, -0.05) is 32.9 Å². The molecule has 0 saturated heterocycles. The van der Waals surface area contributed by atoms with Crippen LogP contribution in [0.1, 0.15) is 33.3 Å². The molecular formula is C15H25NO3. The average molecular weight is 267 g/mol. The number of hydrogen-bond acceptors (Lipinski definition) is 4. The smallest absolute Gasteiger partial charge is 0.162 e. The van der Waals surface area contributed by atoms with Gasteiger partial charge in [-0.3, -0.25) is 0 Å². The van der Waals surface area contributed by atoms with Gasteiger partial charge in [0, 0.05) is 18.7 Å². The maximum atomic E-state index is 10.0. The van der Waals surface area contributed by atoms with E-state index in [-0.39, 0.29) is 11.2 Å². The fraction of sp³-hybridized carbons (Fsp3) is 0.600. The second kappa shape index (κ2) is 6.78. The van der Waals surface area contributed by atoms with Crippen molar-refractivity contribution in [2.45, 2.75) is 40.3 Å². The molecule has 1 rings (SSSR count). The molecule has 0 radical (unpaired) electrons. The van der Waals surface area contributed by atoms with Crippen molar-refractivity contribution in [3.8, 4) is 11.5 Å². The number of ether oxygens (including phenoxy) is 1. The summed E-state index contributed by atoms with van der Waals surface area (Å²) in [7, 11) is 0. The maximum absolute atomic E-state index is 10.0. The van der Waals surface area contributed by atoms with Crippen molar-refractivity contribution < 1.29 is 14.9 Å². The van der Waals surface area contributed by atoms with Gasteiger partial charge in [-0.15, -0.1) is 0 Å². The minimum atomic E-state index is -0.426. The maximum Gasteiger partial charge on any atom is 0.162 e. The number of benzene rings is 1. The highest BCUT2D eigenvalue weighted by Crippen LogP contribution is 2.29. The zero-order valence-corrected chi connectivity index (χ0v) is 12.2. The standard InChI is InChI=1S/C15H25NO3/c1-5-19-12-8-6-7-11(14(12)18)9-16-10-13(17)15(2,3)4/h6-8,13,16-18H,5,9-10H2,1-4H3. The Labute approximate surface area is 115 Å². The summed E-state index contributed by atoms with van der Waals surface area (Å²) in [4.78, 5) is 0. The van der Waals surface area contributed by atoms with Crippen LogP contribution in [0.3, 0.4) is 0 Å². The molecular weight excluding hydrogens is 242 g/mol. The Morgan fingerprint density at radius 2 is 2.00 bits per heavy atom. The van der Waals surface area contributed by atoms with Crippen LogP contribution in [0.25, 0.3) is 0 Å². The monoisotopic (exact) mass is 267 g/mol. The van der Waals surface area contributed by atoms with Gasteiger partial charge in [-0.25, -0.2) is 0 Å². The molecule has 0 spiro atoms. The number of phenolic OH excluding ortho intramolecular Hbond substituents is 1. The Morgan fingerprint density at radius 3 is 2.58 bits per heavy atom. The minimum Gasteiger partial charge on any atom is -0.504 e. The lowest BCUT2D eigenvalue weighted by molar-refractivity contribution is 0.0627. The van der Waals surface area contributed by atoms with Crippen LogP contribution in [0.15, 0.2) is 18.2 Å². The average Bonchev–Trinajstić information content (AvgIpc) is 2.32. The van der Waals surface area contributed by atoms with Gasteiger partial charge < -0.3 is 20.3 Å². The summed E-state index contributed by atoms with van der Waals surface area (Å²) < 4.78 is 5.33. The lowest BCUT2D eigenvalue weighted by Crippen LogP contribution is -2.36. The largest absolute Gasteiger partial charge is 0.504 e. The van der Waals surface area contributed by atoms with Gasteiger partial charge in [0.25, 0.3) is 0 Å². The summed E-state index contributed by atoms with van der Waals surface area (Å²) >= 11 is 0. The molecule has 0 aromatic heterocycles. The van der Waals surface area contributed by atoms with E-state index in [0.29, 0.717) is 25.4 Å². The Bertz CT molecular complexity index is 399. The first-order chi connectivity index (χ1) is 8.86. The number of aromatic hydroxyl groups is 1. The molecule has 4 heteroatoms. The molecule has 0 bridgehead atoms. The molecule has 0 aliphatic carbocycles. The normalized spacial score (nSPS) is 13.3. The Morgan fingerprint density at radius 1 is 1.32 bits per heavy atom. The van der Waals surface area contributed by atoms with Gasteiger partial charge in [0.1, 0.15) is 0 Å². The van der Waals surface area contributed by atoms with Crippen molar-refractivity contribution in [2.24, 2.45) is 5.41 Å². The van der Waals surface area contributed by atoms with Crippen LogP contribution < -0.4 is 10.1 Å². The Kier molecular flexibility index (Phi) is 5.63. The summed E-state index contributed by atoms with van der Waals surface area (Å²) in [6, 6.07) is 5.43. The van der Waals surface area contributed by atoms with Crippen LogP contribution in [0.5, 0.6) is 11.5 Å². The third kappa shape index (κ3) is 4.73. The SMILES string of the molecule is CCOc1cccc(CNCC(O)C(C)(C)C)c1O. The second-order valence-electron chi connectivity index (χ2n) is 5.71. The molecule has 19 heavy (non-hydrogen) atoms. The van der Waals surface area contributed by atoms with Gasteiger partial charge in [-0.2, -0.15) is 0 Å². The van der Waals surface area contributed by atoms with E-state index in [4.69, 9.17) is 4.74 Å². The summed E-state index contributed by atoms with van der Waals surface area (Å²) in [5.74, 6) is 0.667. The number of phenols is 1. The van der Waals surface area contributed by atoms with Crippen LogP contribution in [0, 0.1) is 5.41 Å². The minimum absolute atomic E-state index is 0.151. The van der Waals surface area contributed by atoms with E-state index in [1.54, 1.807) is 6.07 Å². The molecule has 3 N–H and O–H groups in total. The first-order valence-electron chi connectivity index (χ1n) is 6.68. The van der Waals surface area contributed by atoms with E-state index in [0.717, 1.165) is 5.56 Å². The van der Waals surface area contributed by atoms with E-state index < -0.39 is 6.10 Å². The van der Waals surface area contributed by atoms with Crippen LogP contribution in [-0.4, -0.2) is 29.5 Å². The molecule has 1 atom stereocenters. The predicted octanol–water partition coefficient (Wildman–Crippen LogP) is 2.29. The molecule has 0 heterocycles. The second-order valence-corrected chi connectivity index (χ2v) is 5.71. The molecule has 0 saturated carbocycles. The highest BCUT2D eigenvalue weighted by atomic mass is 16.5. The molecule has 0 aliphatic rings. The molecule has 1 unspecified atom stereocenters. The van der Waals surface area contributed by atoms with Gasteiger partial charge in [0.15, 0.2) is 11.5 Å². The fourth-order valence-corrected chi connectivity index (χ4v) is 1.63. The van der Waals surface area contributed by atoms with Crippen LogP contribution in [-0.2, 0) is 6.54 Å². The first-order valence-corrected chi connectivity index (χ1v) is 6.68. The third-order valence-electron chi connectivity index (χ3n) is 3.04. The Balaban J connectivity index is 2.56. The van der Waals surface area contributed by atoms with Gasteiger partial charge >= 0.3 is 0 Å². The molecule has 108 valence electrons. The van der Waals surface area contributed by atoms with Crippen molar-refractivity contribution in [2.75, 3.05) is 13.2 Å². The number of nitrogens with one attached hydrogen (secondary N) is 1. The van der Waals surface area contributed by atoms with Crippen molar-refractivity contribution in [1.82, 2.24) is 5.32 Å². The summed E-state index contributed by atoms with van der Waals surface area (Å²) in [6.45, 7) is 9.37. The number of hydrogen-bond donors (Lipinski definition) is 3. The molecule has 1 aromatic carbocycles. The Hall–Kier alpha value is -1.26. The number of rotatable bonds is 6.